The van der Waals surface area contributed by atoms with Crippen molar-refractivity contribution in [1.82, 2.24) is 15.6 Å². The molecule has 0 radical (unpaired) electrons. The average Bonchev–Trinajstić information content (AvgIpc) is 3.23. The van der Waals surface area contributed by atoms with Crippen LogP contribution in [-0.4, -0.2) is 36.5 Å². The lowest BCUT2D eigenvalue weighted by molar-refractivity contribution is -0.137. The molecule has 30 heavy (non-hydrogen) atoms. The maximum absolute atomic E-state index is 12.6. The number of aromatic nitrogens is 2. The third-order valence-corrected chi connectivity index (χ3v) is 4.12. The van der Waals surface area contributed by atoms with Crippen molar-refractivity contribution in [1.29, 1.82) is 0 Å². The second-order valence-electron chi connectivity index (χ2n) is 6.06. The number of methoxy groups -OCH3 is 2. The molecule has 2 aromatic carbocycles. The summed E-state index contributed by atoms with van der Waals surface area (Å²) in [6.45, 7) is 0. The second kappa shape index (κ2) is 8.68. The van der Waals surface area contributed by atoms with Crippen LogP contribution in [0.2, 0.25) is 0 Å². The number of hydrogen-bond donors (Lipinski definition) is 2. The lowest BCUT2D eigenvalue weighted by atomic mass is 10.1. The van der Waals surface area contributed by atoms with Crippen molar-refractivity contribution in [3.05, 3.63) is 65.4 Å². The molecule has 0 aliphatic rings. The number of hydrazone groups is 1. The Hall–Kier alpha value is -3.82. The smallest absolute Gasteiger partial charge is 0.416 e. The van der Waals surface area contributed by atoms with Gasteiger partial charge < -0.3 is 9.47 Å². The molecule has 0 fully saturated rings. The summed E-state index contributed by atoms with van der Waals surface area (Å²) in [6, 6.07) is 11.1. The quantitative estimate of drug-likeness (QED) is 0.470. The first-order chi connectivity index (χ1) is 14.3. The number of H-pyrrole nitrogens is 1. The largest absolute Gasteiger partial charge is 0.493 e. The molecule has 3 rings (SSSR count). The minimum absolute atomic E-state index is 0.157. The van der Waals surface area contributed by atoms with E-state index in [1.54, 1.807) is 18.2 Å². The Morgan fingerprint density at radius 2 is 1.77 bits per heavy atom. The Morgan fingerprint density at radius 1 is 1.07 bits per heavy atom. The van der Waals surface area contributed by atoms with E-state index >= 15 is 0 Å². The number of ether oxygens (including phenoxy) is 2. The molecule has 7 nitrogen and oxygen atoms in total. The zero-order chi connectivity index (χ0) is 21.7. The topological polar surface area (TPSA) is 88.6 Å². The van der Waals surface area contributed by atoms with E-state index in [4.69, 9.17) is 9.47 Å². The standard InChI is InChI=1S/C20H17F3N4O3/c1-29-17-8-5-13(9-18(17)30-2)15-10-16(26-25-15)19(28)27-24-11-12-3-6-14(7-4-12)20(21,22)23/h3-11H,1-2H3,(H,25,26)(H,27,28). The Balaban J connectivity index is 1.66. The van der Waals surface area contributed by atoms with Gasteiger partial charge in [-0.25, -0.2) is 5.43 Å². The molecule has 1 heterocycles. The number of nitrogens with zero attached hydrogens (tertiary/aromatic N) is 2. The van der Waals surface area contributed by atoms with E-state index in [1.807, 2.05) is 0 Å². The molecule has 2 N–H and O–H groups in total. The second-order valence-corrected chi connectivity index (χ2v) is 6.06. The van der Waals surface area contributed by atoms with Crippen LogP contribution in [0.5, 0.6) is 11.5 Å². The van der Waals surface area contributed by atoms with Crippen LogP contribution in [0.1, 0.15) is 21.6 Å². The molecule has 0 aliphatic carbocycles. The molecule has 0 spiro atoms. The summed E-state index contributed by atoms with van der Waals surface area (Å²) in [6.07, 6.45) is -3.17. The third-order valence-electron chi connectivity index (χ3n) is 4.12. The van der Waals surface area contributed by atoms with Gasteiger partial charge in [-0.2, -0.15) is 23.4 Å². The number of aromatic amines is 1. The van der Waals surface area contributed by atoms with Crippen LogP contribution in [-0.2, 0) is 6.18 Å². The lowest BCUT2D eigenvalue weighted by Crippen LogP contribution is -2.18. The lowest BCUT2D eigenvalue weighted by Gasteiger charge is -2.08. The number of rotatable bonds is 6. The fraction of sp³-hybridized carbons (Fsp3) is 0.150. The van der Waals surface area contributed by atoms with Crippen molar-refractivity contribution in [3.63, 3.8) is 0 Å². The van der Waals surface area contributed by atoms with Gasteiger partial charge in [0.05, 0.1) is 31.7 Å². The molecule has 3 aromatic rings. The first-order valence-electron chi connectivity index (χ1n) is 8.60. The zero-order valence-electron chi connectivity index (χ0n) is 15.9. The van der Waals surface area contributed by atoms with Crippen molar-refractivity contribution in [2.45, 2.75) is 6.18 Å². The molecule has 0 bridgehead atoms. The fourth-order valence-electron chi connectivity index (χ4n) is 2.57. The van der Waals surface area contributed by atoms with E-state index in [1.165, 1.54) is 38.6 Å². The number of nitrogens with one attached hydrogen (secondary N) is 2. The van der Waals surface area contributed by atoms with Gasteiger partial charge in [0.15, 0.2) is 11.5 Å². The van der Waals surface area contributed by atoms with Gasteiger partial charge in [-0.05, 0) is 42.0 Å². The average molecular weight is 418 g/mol. The number of carbonyl (C=O) groups excluding carboxylic acids is 1. The Morgan fingerprint density at radius 3 is 2.40 bits per heavy atom. The number of carbonyl (C=O) groups is 1. The molecule has 0 aliphatic heterocycles. The van der Waals surface area contributed by atoms with E-state index in [-0.39, 0.29) is 5.69 Å². The minimum Gasteiger partial charge on any atom is -0.493 e. The van der Waals surface area contributed by atoms with Crippen LogP contribution in [0.3, 0.4) is 0 Å². The van der Waals surface area contributed by atoms with Crippen molar-refractivity contribution >= 4 is 12.1 Å². The number of hydrogen-bond acceptors (Lipinski definition) is 5. The van der Waals surface area contributed by atoms with Crippen LogP contribution in [0, 0.1) is 0 Å². The Bertz CT molecular complexity index is 1060. The summed E-state index contributed by atoms with van der Waals surface area (Å²) in [5.41, 5.74) is 3.30. The van der Waals surface area contributed by atoms with E-state index in [0.29, 0.717) is 28.3 Å². The van der Waals surface area contributed by atoms with E-state index in [9.17, 15) is 18.0 Å². The molecule has 10 heteroatoms. The summed E-state index contributed by atoms with van der Waals surface area (Å²) in [4.78, 5) is 12.2. The predicted molar refractivity (Wildman–Crippen MR) is 104 cm³/mol. The van der Waals surface area contributed by atoms with Gasteiger partial charge in [-0.15, -0.1) is 0 Å². The van der Waals surface area contributed by atoms with Crippen LogP contribution in [0.25, 0.3) is 11.3 Å². The summed E-state index contributed by atoms with van der Waals surface area (Å²) < 4.78 is 48.1. The fourth-order valence-corrected chi connectivity index (χ4v) is 2.57. The van der Waals surface area contributed by atoms with Gasteiger partial charge in [0.25, 0.3) is 5.91 Å². The highest BCUT2D eigenvalue weighted by atomic mass is 19.4. The Labute approximate surface area is 169 Å². The molecule has 0 saturated carbocycles. The highest BCUT2D eigenvalue weighted by Crippen LogP contribution is 2.31. The van der Waals surface area contributed by atoms with E-state index in [2.05, 4.69) is 20.7 Å². The summed E-state index contributed by atoms with van der Waals surface area (Å²) >= 11 is 0. The monoisotopic (exact) mass is 418 g/mol. The zero-order valence-corrected chi connectivity index (χ0v) is 15.9. The predicted octanol–water partition coefficient (Wildman–Crippen LogP) is 3.88. The highest BCUT2D eigenvalue weighted by Gasteiger charge is 2.29. The number of halogens is 3. The van der Waals surface area contributed by atoms with Crippen LogP contribution < -0.4 is 14.9 Å². The molecule has 0 unspecified atom stereocenters. The van der Waals surface area contributed by atoms with E-state index in [0.717, 1.165) is 12.1 Å². The maximum atomic E-state index is 12.6. The van der Waals surface area contributed by atoms with Gasteiger partial charge in [-0.3, -0.25) is 9.89 Å². The molecule has 1 aromatic heterocycles. The van der Waals surface area contributed by atoms with Gasteiger partial charge in [0.1, 0.15) is 5.69 Å². The highest BCUT2D eigenvalue weighted by molar-refractivity contribution is 5.94. The van der Waals surface area contributed by atoms with Crippen molar-refractivity contribution < 1.29 is 27.4 Å². The van der Waals surface area contributed by atoms with Gasteiger partial charge in [-0.1, -0.05) is 12.1 Å². The molecule has 0 atom stereocenters. The van der Waals surface area contributed by atoms with Gasteiger partial charge in [0.2, 0.25) is 0 Å². The molecular formula is C20H17F3N4O3. The van der Waals surface area contributed by atoms with Crippen LogP contribution in [0.4, 0.5) is 13.2 Å². The van der Waals surface area contributed by atoms with Gasteiger partial charge in [0, 0.05) is 5.56 Å². The summed E-state index contributed by atoms with van der Waals surface area (Å²) in [5.74, 6) is 0.523. The molecule has 0 saturated heterocycles. The van der Waals surface area contributed by atoms with Crippen molar-refractivity contribution in [2.75, 3.05) is 14.2 Å². The first kappa shape index (κ1) is 20.9. The number of alkyl halides is 3. The van der Waals surface area contributed by atoms with Crippen molar-refractivity contribution in [2.24, 2.45) is 5.10 Å². The first-order valence-corrected chi connectivity index (χ1v) is 8.60. The minimum atomic E-state index is -4.41. The molecular weight excluding hydrogens is 401 g/mol. The Kier molecular flexibility index (Phi) is 6.05. The normalized spacial score (nSPS) is 11.5. The molecule has 1 amide bonds. The maximum Gasteiger partial charge on any atom is 0.416 e. The summed E-state index contributed by atoms with van der Waals surface area (Å²) in [5, 5.41) is 10.5. The van der Waals surface area contributed by atoms with Crippen LogP contribution in [0.15, 0.2) is 53.6 Å². The number of benzene rings is 2. The molecule has 156 valence electrons. The van der Waals surface area contributed by atoms with E-state index < -0.39 is 17.6 Å². The number of amides is 1. The third kappa shape index (κ3) is 4.77. The van der Waals surface area contributed by atoms with Gasteiger partial charge >= 0.3 is 6.18 Å². The van der Waals surface area contributed by atoms with Crippen LogP contribution >= 0.6 is 0 Å². The van der Waals surface area contributed by atoms with Crippen molar-refractivity contribution in [3.8, 4) is 22.8 Å². The SMILES string of the molecule is COc1ccc(-c2cc(C(=O)NN=Cc3ccc(C(F)(F)F)cc3)[nH]n2)cc1OC. The summed E-state index contributed by atoms with van der Waals surface area (Å²) in [7, 11) is 3.04.